The number of aryl methyl sites for hydroxylation is 2. The Labute approximate surface area is 115 Å². The first-order valence-electron chi connectivity index (χ1n) is 6.79. The van der Waals surface area contributed by atoms with Crippen molar-refractivity contribution in [3.63, 3.8) is 0 Å². The molecule has 0 aliphatic rings. The highest BCUT2D eigenvalue weighted by Crippen LogP contribution is 2.26. The van der Waals surface area contributed by atoms with E-state index in [4.69, 9.17) is 0 Å². The van der Waals surface area contributed by atoms with Crippen molar-refractivity contribution in [2.24, 2.45) is 7.05 Å². The SMILES string of the molecule is CNC(C)Cc1ccc(-c2c(C)nn(C)c2C)cc1. The lowest BCUT2D eigenvalue weighted by Gasteiger charge is -2.10. The van der Waals surface area contributed by atoms with E-state index in [1.54, 1.807) is 0 Å². The van der Waals surface area contributed by atoms with E-state index in [0.717, 1.165) is 12.1 Å². The van der Waals surface area contributed by atoms with Crippen molar-refractivity contribution in [3.05, 3.63) is 41.2 Å². The van der Waals surface area contributed by atoms with E-state index < -0.39 is 0 Å². The molecule has 2 rings (SSSR count). The summed E-state index contributed by atoms with van der Waals surface area (Å²) in [5, 5.41) is 7.75. The first-order chi connectivity index (χ1) is 9.02. The van der Waals surface area contributed by atoms with Gasteiger partial charge in [0.1, 0.15) is 0 Å². The second kappa shape index (κ2) is 5.57. The van der Waals surface area contributed by atoms with Crippen LogP contribution in [0.15, 0.2) is 24.3 Å². The van der Waals surface area contributed by atoms with Crippen molar-refractivity contribution in [3.8, 4) is 11.1 Å². The lowest BCUT2D eigenvalue weighted by atomic mass is 10.00. The van der Waals surface area contributed by atoms with Crippen LogP contribution in [0, 0.1) is 13.8 Å². The Hall–Kier alpha value is -1.61. The maximum atomic E-state index is 4.48. The van der Waals surface area contributed by atoms with Gasteiger partial charge in [-0.3, -0.25) is 4.68 Å². The number of benzene rings is 1. The fourth-order valence-corrected chi connectivity index (χ4v) is 2.45. The number of nitrogens with one attached hydrogen (secondary N) is 1. The van der Waals surface area contributed by atoms with Gasteiger partial charge in [0.25, 0.3) is 0 Å². The Bertz CT molecular complexity index is 552. The minimum atomic E-state index is 0.507. The number of likely N-dealkylation sites (N-methyl/N-ethyl adjacent to an activating group) is 1. The fourth-order valence-electron chi connectivity index (χ4n) is 2.45. The minimum absolute atomic E-state index is 0.507. The van der Waals surface area contributed by atoms with Crippen LogP contribution < -0.4 is 5.32 Å². The summed E-state index contributed by atoms with van der Waals surface area (Å²) in [4.78, 5) is 0. The quantitative estimate of drug-likeness (QED) is 0.912. The van der Waals surface area contributed by atoms with Gasteiger partial charge in [-0.05, 0) is 45.4 Å². The van der Waals surface area contributed by atoms with E-state index in [2.05, 4.69) is 55.5 Å². The third-order valence-electron chi connectivity index (χ3n) is 3.79. The lowest BCUT2D eigenvalue weighted by molar-refractivity contribution is 0.608. The minimum Gasteiger partial charge on any atom is -0.317 e. The van der Waals surface area contributed by atoms with Gasteiger partial charge < -0.3 is 5.32 Å². The van der Waals surface area contributed by atoms with Gasteiger partial charge in [0.05, 0.1) is 5.69 Å². The van der Waals surface area contributed by atoms with Gasteiger partial charge in [0.15, 0.2) is 0 Å². The molecule has 0 aliphatic heterocycles. The first-order valence-corrected chi connectivity index (χ1v) is 6.79. The van der Waals surface area contributed by atoms with Crippen LogP contribution in [0.25, 0.3) is 11.1 Å². The average Bonchev–Trinajstić information content (AvgIpc) is 2.64. The molecule has 0 saturated heterocycles. The predicted octanol–water partition coefficient (Wildman–Crippen LogP) is 2.85. The summed E-state index contributed by atoms with van der Waals surface area (Å²) in [6.07, 6.45) is 1.06. The zero-order valence-electron chi connectivity index (χ0n) is 12.5. The van der Waals surface area contributed by atoms with Gasteiger partial charge in [-0.25, -0.2) is 0 Å². The van der Waals surface area contributed by atoms with E-state index in [9.17, 15) is 0 Å². The molecule has 0 saturated carbocycles. The molecule has 3 nitrogen and oxygen atoms in total. The molecule has 0 fully saturated rings. The van der Waals surface area contributed by atoms with E-state index in [1.165, 1.54) is 22.4 Å². The summed E-state index contributed by atoms with van der Waals surface area (Å²) in [5.41, 5.74) is 6.19. The van der Waals surface area contributed by atoms with E-state index >= 15 is 0 Å². The third kappa shape index (κ3) is 2.87. The van der Waals surface area contributed by atoms with Crippen LogP contribution in [0.1, 0.15) is 23.9 Å². The number of nitrogens with zero attached hydrogens (tertiary/aromatic N) is 2. The Morgan fingerprint density at radius 1 is 1.21 bits per heavy atom. The Morgan fingerprint density at radius 2 is 1.84 bits per heavy atom. The van der Waals surface area contributed by atoms with Crippen molar-refractivity contribution in [1.82, 2.24) is 15.1 Å². The van der Waals surface area contributed by atoms with Crippen molar-refractivity contribution >= 4 is 0 Å². The molecule has 1 N–H and O–H groups in total. The maximum absolute atomic E-state index is 4.48. The van der Waals surface area contributed by atoms with Crippen LogP contribution in [-0.2, 0) is 13.5 Å². The molecule has 0 radical (unpaired) electrons. The summed E-state index contributed by atoms with van der Waals surface area (Å²) in [7, 11) is 4.00. The van der Waals surface area contributed by atoms with Gasteiger partial charge in [-0.15, -0.1) is 0 Å². The van der Waals surface area contributed by atoms with Crippen LogP contribution in [0.3, 0.4) is 0 Å². The van der Waals surface area contributed by atoms with Crippen molar-refractivity contribution in [1.29, 1.82) is 0 Å². The third-order valence-corrected chi connectivity index (χ3v) is 3.79. The standard InChI is InChI=1S/C16H23N3/c1-11(17-4)10-14-6-8-15(9-7-14)16-12(2)18-19(5)13(16)3/h6-9,11,17H,10H2,1-5H3. The molecule has 3 heteroatoms. The average molecular weight is 257 g/mol. The number of hydrogen-bond donors (Lipinski definition) is 1. The highest BCUT2D eigenvalue weighted by atomic mass is 15.3. The van der Waals surface area contributed by atoms with Gasteiger partial charge in [-0.1, -0.05) is 24.3 Å². The Morgan fingerprint density at radius 3 is 2.32 bits per heavy atom. The van der Waals surface area contributed by atoms with Crippen molar-refractivity contribution in [2.75, 3.05) is 7.05 Å². The van der Waals surface area contributed by atoms with Gasteiger partial charge in [0, 0.05) is 24.3 Å². The second-order valence-electron chi connectivity index (χ2n) is 5.26. The zero-order chi connectivity index (χ0) is 14.0. The van der Waals surface area contributed by atoms with Gasteiger partial charge in [-0.2, -0.15) is 5.10 Å². The first kappa shape index (κ1) is 13.8. The summed E-state index contributed by atoms with van der Waals surface area (Å²) >= 11 is 0. The van der Waals surface area contributed by atoms with Crippen LogP contribution in [0.2, 0.25) is 0 Å². The Kier molecular flexibility index (Phi) is 4.05. The largest absolute Gasteiger partial charge is 0.317 e. The number of aromatic nitrogens is 2. The van der Waals surface area contributed by atoms with Gasteiger partial charge >= 0.3 is 0 Å². The van der Waals surface area contributed by atoms with Crippen LogP contribution >= 0.6 is 0 Å². The molecule has 0 bridgehead atoms. The summed E-state index contributed by atoms with van der Waals surface area (Å²) in [5.74, 6) is 0. The monoisotopic (exact) mass is 257 g/mol. The zero-order valence-corrected chi connectivity index (χ0v) is 12.5. The molecule has 1 aromatic heterocycles. The molecule has 0 spiro atoms. The number of rotatable bonds is 4. The summed E-state index contributed by atoms with van der Waals surface area (Å²) in [6.45, 7) is 6.38. The van der Waals surface area contributed by atoms with E-state index in [-0.39, 0.29) is 0 Å². The molecular formula is C16H23N3. The molecule has 1 unspecified atom stereocenters. The second-order valence-corrected chi connectivity index (χ2v) is 5.26. The maximum Gasteiger partial charge on any atom is 0.0674 e. The normalized spacial score (nSPS) is 12.7. The van der Waals surface area contributed by atoms with E-state index in [0.29, 0.717) is 6.04 Å². The molecule has 1 aromatic carbocycles. The van der Waals surface area contributed by atoms with Gasteiger partial charge in [0.2, 0.25) is 0 Å². The van der Waals surface area contributed by atoms with Crippen LogP contribution in [0.5, 0.6) is 0 Å². The molecule has 1 atom stereocenters. The highest BCUT2D eigenvalue weighted by molar-refractivity contribution is 5.68. The van der Waals surface area contributed by atoms with Crippen molar-refractivity contribution < 1.29 is 0 Å². The van der Waals surface area contributed by atoms with Crippen LogP contribution in [0.4, 0.5) is 0 Å². The number of hydrogen-bond acceptors (Lipinski definition) is 2. The molecule has 102 valence electrons. The molecule has 1 heterocycles. The highest BCUT2D eigenvalue weighted by Gasteiger charge is 2.11. The van der Waals surface area contributed by atoms with E-state index in [1.807, 2.05) is 18.8 Å². The molecule has 2 aromatic rings. The van der Waals surface area contributed by atoms with Crippen molar-refractivity contribution in [2.45, 2.75) is 33.2 Å². The summed E-state index contributed by atoms with van der Waals surface area (Å²) in [6, 6.07) is 9.35. The predicted molar refractivity (Wildman–Crippen MR) is 80.3 cm³/mol. The smallest absolute Gasteiger partial charge is 0.0674 e. The molecule has 0 amide bonds. The van der Waals surface area contributed by atoms with Crippen LogP contribution in [-0.4, -0.2) is 22.9 Å². The molecule has 0 aliphatic carbocycles. The summed E-state index contributed by atoms with van der Waals surface area (Å²) < 4.78 is 1.95. The molecular weight excluding hydrogens is 234 g/mol. The topological polar surface area (TPSA) is 29.9 Å². The molecule has 19 heavy (non-hydrogen) atoms. The Balaban J connectivity index is 2.27. The lowest BCUT2D eigenvalue weighted by Crippen LogP contribution is -2.23. The fraction of sp³-hybridized carbons (Fsp3) is 0.438.